The maximum Gasteiger partial charge on any atom is 0.307 e. The van der Waals surface area contributed by atoms with Crippen LogP contribution in [-0.4, -0.2) is 4.92 Å². The molecule has 0 fully saturated rings. The third-order valence-corrected chi connectivity index (χ3v) is 2.60. The van der Waals surface area contributed by atoms with E-state index in [2.05, 4.69) is 0 Å². The number of nitrogen functional groups attached to an aromatic ring is 2. The number of nitrogens with two attached hydrogens (primary N) is 2. The predicted molar refractivity (Wildman–Crippen MR) is 67.3 cm³/mol. The van der Waals surface area contributed by atoms with Crippen molar-refractivity contribution in [3.63, 3.8) is 0 Å². The number of hydrogen-bond acceptors (Lipinski definition) is 4. The molecule has 7 heteroatoms. The van der Waals surface area contributed by atoms with E-state index < -0.39 is 22.2 Å². The number of nitro groups is 1. The first kappa shape index (κ1) is 12.7. The Bertz CT molecular complexity index is 674. The topological polar surface area (TPSA) is 95.2 Å². The van der Waals surface area contributed by atoms with Crippen LogP contribution in [0.2, 0.25) is 0 Å². The molecule has 0 aromatic heterocycles. The summed E-state index contributed by atoms with van der Waals surface area (Å²) in [6.45, 7) is 0. The number of halogens is 2. The zero-order valence-corrected chi connectivity index (χ0v) is 9.56. The van der Waals surface area contributed by atoms with Gasteiger partial charge in [0.2, 0.25) is 5.82 Å². The molecule has 0 unspecified atom stereocenters. The minimum atomic E-state index is -1.14. The van der Waals surface area contributed by atoms with Crippen LogP contribution < -0.4 is 11.5 Å². The van der Waals surface area contributed by atoms with E-state index in [1.54, 1.807) is 0 Å². The standard InChI is InChI=1S/C12H9F2N3O2/c13-9-5-12(17(18)19)10(14)4-7(9)8-3-6(15)1-2-11(8)16/h1-5H,15-16H2. The van der Waals surface area contributed by atoms with Gasteiger partial charge in [0.25, 0.3) is 0 Å². The molecule has 0 radical (unpaired) electrons. The van der Waals surface area contributed by atoms with Crippen molar-refractivity contribution >= 4 is 17.1 Å². The molecule has 0 saturated carbocycles. The number of nitrogens with zero attached hydrogens (tertiary/aromatic N) is 1. The summed E-state index contributed by atoms with van der Waals surface area (Å²) >= 11 is 0. The molecule has 0 spiro atoms. The van der Waals surface area contributed by atoms with Gasteiger partial charge in [0.05, 0.1) is 11.0 Å². The van der Waals surface area contributed by atoms with Gasteiger partial charge >= 0.3 is 5.69 Å². The normalized spacial score (nSPS) is 10.4. The predicted octanol–water partition coefficient (Wildman–Crippen LogP) is 2.70. The third kappa shape index (κ3) is 2.30. The lowest BCUT2D eigenvalue weighted by Gasteiger charge is -2.08. The maximum atomic E-state index is 13.8. The summed E-state index contributed by atoms with van der Waals surface area (Å²) in [5.41, 5.74) is 10.8. The summed E-state index contributed by atoms with van der Waals surface area (Å²) in [5.74, 6) is -2.08. The molecule has 0 saturated heterocycles. The highest BCUT2D eigenvalue weighted by Gasteiger charge is 2.20. The Morgan fingerprint density at radius 1 is 1.00 bits per heavy atom. The lowest BCUT2D eigenvalue weighted by molar-refractivity contribution is -0.387. The van der Waals surface area contributed by atoms with Gasteiger partial charge in [-0.05, 0) is 24.3 Å². The van der Waals surface area contributed by atoms with Crippen LogP contribution in [-0.2, 0) is 0 Å². The molecule has 0 aliphatic heterocycles. The number of benzene rings is 2. The average molecular weight is 265 g/mol. The van der Waals surface area contributed by atoms with Crippen LogP contribution in [0.25, 0.3) is 11.1 Å². The van der Waals surface area contributed by atoms with Crippen molar-refractivity contribution in [2.24, 2.45) is 0 Å². The Labute approximate surface area is 106 Å². The van der Waals surface area contributed by atoms with E-state index in [1.165, 1.54) is 18.2 Å². The van der Waals surface area contributed by atoms with Crippen LogP contribution in [0.5, 0.6) is 0 Å². The van der Waals surface area contributed by atoms with Crippen molar-refractivity contribution in [2.75, 3.05) is 11.5 Å². The SMILES string of the molecule is Nc1ccc(N)c(-c2cc(F)c([N+](=O)[O-])cc2F)c1. The molecule has 0 atom stereocenters. The van der Waals surface area contributed by atoms with Gasteiger partial charge in [0, 0.05) is 22.5 Å². The third-order valence-electron chi connectivity index (χ3n) is 2.60. The molecule has 2 rings (SSSR count). The molecular weight excluding hydrogens is 256 g/mol. The quantitative estimate of drug-likeness (QED) is 0.495. The second-order valence-corrected chi connectivity index (χ2v) is 3.89. The van der Waals surface area contributed by atoms with Crippen LogP contribution in [0.4, 0.5) is 25.8 Å². The van der Waals surface area contributed by atoms with Gasteiger partial charge in [-0.1, -0.05) is 0 Å². The van der Waals surface area contributed by atoms with Gasteiger partial charge in [0.15, 0.2) is 0 Å². The van der Waals surface area contributed by atoms with E-state index in [9.17, 15) is 18.9 Å². The van der Waals surface area contributed by atoms with Crippen molar-refractivity contribution in [1.82, 2.24) is 0 Å². The molecule has 0 heterocycles. The van der Waals surface area contributed by atoms with Crippen molar-refractivity contribution in [1.29, 1.82) is 0 Å². The van der Waals surface area contributed by atoms with E-state index in [0.717, 1.165) is 6.07 Å². The van der Waals surface area contributed by atoms with E-state index in [1.807, 2.05) is 0 Å². The molecule has 0 aliphatic rings. The van der Waals surface area contributed by atoms with Crippen LogP contribution in [0.3, 0.4) is 0 Å². The van der Waals surface area contributed by atoms with Gasteiger partial charge in [0.1, 0.15) is 5.82 Å². The summed E-state index contributed by atoms with van der Waals surface area (Å²) < 4.78 is 27.3. The highest BCUT2D eigenvalue weighted by Crippen LogP contribution is 2.33. The minimum absolute atomic E-state index is 0.173. The Kier molecular flexibility index (Phi) is 3.04. The molecule has 4 N–H and O–H groups in total. The van der Waals surface area contributed by atoms with Crippen molar-refractivity contribution in [3.05, 3.63) is 52.1 Å². The lowest BCUT2D eigenvalue weighted by Crippen LogP contribution is -1.98. The smallest absolute Gasteiger partial charge is 0.307 e. The molecule has 2 aromatic carbocycles. The molecule has 98 valence electrons. The maximum absolute atomic E-state index is 13.8. The number of nitro benzene ring substituents is 1. The van der Waals surface area contributed by atoms with Crippen molar-refractivity contribution in [2.45, 2.75) is 0 Å². The lowest BCUT2D eigenvalue weighted by atomic mass is 10.0. The number of hydrogen-bond donors (Lipinski definition) is 2. The van der Waals surface area contributed by atoms with Gasteiger partial charge in [-0.15, -0.1) is 0 Å². The molecule has 19 heavy (non-hydrogen) atoms. The summed E-state index contributed by atoms with van der Waals surface area (Å²) in [6.07, 6.45) is 0. The molecule has 5 nitrogen and oxygen atoms in total. The first-order valence-corrected chi connectivity index (χ1v) is 5.19. The van der Waals surface area contributed by atoms with Crippen LogP contribution in [0.15, 0.2) is 30.3 Å². The number of anilines is 2. The zero-order chi connectivity index (χ0) is 14.2. The Morgan fingerprint density at radius 2 is 1.68 bits per heavy atom. The van der Waals surface area contributed by atoms with E-state index >= 15 is 0 Å². The second kappa shape index (κ2) is 4.52. The van der Waals surface area contributed by atoms with Gasteiger partial charge < -0.3 is 11.5 Å². The fraction of sp³-hybridized carbons (Fsp3) is 0. The largest absolute Gasteiger partial charge is 0.399 e. The van der Waals surface area contributed by atoms with Gasteiger partial charge in [-0.25, -0.2) is 4.39 Å². The molecular formula is C12H9F2N3O2. The Balaban J connectivity index is 2.67. The fourth-order valence-electron chi connectivity index (χ4n) is 1.69. The van der Waals surface area contributed by atoms with Gasteiger partial charge in [-0.3, -0.25) is 10.1 Å². The van der Waals surface area contributed by atoms with Crippen LogP contribution in [0, 0.1) is 21.7 Å². The molecule has 0 aliphatic carbocycles. The van der Waals surface area contributed by atoms with E-state index in [0.29, 0.717) is 11.8 Å². The fourth-order valence-corrected chi connectivity index (χ4v) is 1.69. The molecule has 2 aromatic rings. The monoisotopic (exact) mass is 265 g/mol. The summed E-state index contributed by atoms with van der Waals surface area (Å²) in [7, 11) is 0. The molecule has 0 amide bonds. The Morgan fingerprint density at radius 3 is 2.32 bits per heavy atom. The van der Waals surface area contributed by atoms with Gasteiger partial charge in [-0.2, -0.15) is 4.39 Å². The average Bonchev–Trinajstić information content (AvgIpc) is 2.34. The first-order chi connectivity index (χ1) is 8.90. The first-order valence-electron chi connectivity index (χ1n) is 5.19. The van der Waals surface area contributed by atoms with E-state index in [-0.39, 0.29) is 16.8 Å². The second-order valence-electron chi connectivity index (χ2n) is 3.89. The summed E-state index contributed by atoms with van der Waals surface area (Å²) in [6, 6.07) is 5.59. The Hall–Kier alpha value is -2.70. The summed E-state index contributed by atoms with van der Waals surface area (Å²) in [5, 5.41) is 10.5. The zero-order valence-electron chi connectivity index (χ0n) is 9.56. The van der Waals surface area contributed by atoms with Crippen molar-refractivity contribution in [3.8, 4) is 11.1 Å². The molecule has 0 bridgehead atoms. The van der Waals surface area contributed by atoms with Crippen LogP contribution >= 0.6 is 0 Å². The summed E-state index contributed by atoms with van der Waals surface area (Å²) in [4.78, 5) is 9.50. The van der Waals surface area contributed by atoms with E-state index in [4.69, 9.17) is 11.5 Å². The highest BCUT2D eigenvalue weighted by molar-refractivity contribution is 5.80. The minimum Gasteiger partial charge on any atom is -0.399 e. The number of rotatable bonds is 2. The van der Waals surface area contributed by atoms with Crippen LogP contribution in [0.1, 0.15) is 0 Å². The highest BCUT2D eigenvalue weighted by atomic mass is 19.1. The van der Waals surface area contributed by atoms with Crippen molar-refractivity contribution < 1.29 is 13.7 Å².